The summed E-state index contributed by atoms with van der Waals surface area (Å²) in [6.07, 6.45) is 6.87. The van der Waals surface area contributed by atoms with Crippen LogP contribution >= 0.6 is 11.3 Å². The molecule has 406 valence electrons. The number of piperidine rings is 1. The van der Waals surface area contributed by atoms with E-state index in [1.165, 1.54) is 4.90 Å². The second-order valence-electron chi connectivity index (χ2n) is 21.6. The molecule has 2 aromatic carbocycles. The zero-order valence-corrected chi connectivity index (χ0v) is 44.8. The number of nitrogens with one attached hydrogen (secondary N) is 1. The molecular formula is C56H68N12O8S. The lowest BCUT2D eigenvalue weighted by atomic mass is 9.91. The molecule has 4 aliphatic heterocycles. The number of carbonyl (C=O) groups is 2. The van der Waals surface area contributed by atoms with Gasteiger partial charge in [-0.05, 0) is 86.0 Å². The first-order valence-corrected chi connectivity index (χ1v) is 27.9. The molecule has 20 nitrogen and oxygen atoms in total. The van der Waals surface area contributed by atoms with E-state index < -0.39 is 18.1 Å². The number of hydrogen-bond donors (Lipinski definition) is 4. The van der Waals surface area contributed by atoms with Gasteiger partial charge < -0.3 is 54.7 Å². The number of aromatic hydroxyl groups is 1. The summed E-state index contributed by atoms with van der Waals surface area (Å²) in [5, 5.41) is 37.0. The largest absolute Gasteiger partial charge is 0.507 e. The van der Waals surface area contributed by atoms with Crippen molar-refractivity contribution >= 4 is 40.5 Å². The van der Waals surface area contributed by atoms with E-state index in [1.807, 2.05) is 81.7 Å². The average Bonchev–Trinajstić information content (AvgIpc) is 4.23. The molecule has 4 aromatic heterocycles. The summed E-state index contributed by atoms with van der Waals surface area (Å²) in [6.45, 7) is 12.2. The van der Waals surface area contributed by atoms with Crippen molar-refractivity contribution in [2.45, 2.75) is 127 Å². The van der Waals surface area contributed by atoms with Crippen molar-refractivity contribution in [1.82, 2.24) is 45.4 Å². The number of nitrogens with zero attached hydrogens (tertiary/aromatic N) is 10. The van der Waals surface area contributed by atoms with Crippen LogP contribution in [-0.2, 0) is 14.3 Å². The fraction of sp³-hybridized carbons (Fsp3) is 0.500. The first kappa shape index (κ1) is 52.1. The number of phenols is 1. The topological polar surface area (TPSA) is 244 Å². The Balaban J connectivity index is 0.601. The van der Waals surface area contributed by atoms with Gasteiger partial charge in [-0.2, -0.15) is 4.98 Å². The minimum absolute atomic E-state index is 0.00671. The normalized spacial score (nSPS) is 23.5. The highest BCUT2D eigenvalue weighted by molar-refractivity contribution is 7.13. The number of aliphatic hydroxyl groups is 1. The van der Waals surface area contributed by atoms with E-state index in [0.717, 1.165) is 97.9 Å². The van der Waals surface area contributed by atoms with Crippen molar-refractivity contribution in [1.29, 1.82) is 0 Å². The van der Waals surface area contributed by atoms with E-state index in [9.17, 15) is 19.8 Å². The smallest absolute Gasteiger partial charge is 0.318 e. The SMILES string of the molecule is Cc1ncsc1-c1ccc([C@H](C)NC(=O)[C@@H]2C[C@@H](O)CN2C(=O)[C@@H](c2cc(OCCN3CCC(OC4CC(Oc5nccc(N6C7CC[C@@H]6CN(c6cc(-c8ccccc8O)nnc6N)C7)n5)C4)CC3)no2)C(C)C)cc1. The maximum Gasteiger partial charge on any atom is 0.318 e. The summed E-state index contributed by atoms with van der Waals surface area (Å²) in [5.74, 6) is 0.524. The van der Waals surface area contributed by atoms with E-state index in [2.05, 4.69) is 45.3 Å². The van der Waals surface area contributed by atoms with Crippen LogP contribution in [0.25, 0.3) is 21.7 Å². The first-order chi connectivity index (χ1) is 37.3. The maximum atomic E-state index is 14.2. The summed E-state index contributed by atoms with van der Waals surface area (Å²) >= 11 is 1.59. The second-order valence-corrected chi connectivity index (χ2v) is 22.4. The van der Waals surface area contributed by atoms with Crippen LogP contribution in [0, 0.1) is 12.8 Å². The molecule has 2 bridgehead atoms. The van der Waals surface area contributed by atoms with Crippen LogP contribution in [0.4, 0.5) is 17.3 Å². The number of aliphatic hydroxyl groups excluding tert-OH is 1. The molecule has 1 unspecified atom stereocenters. The van der Waals surface area contributed by atoms with Gasteiger partial charge >= 0.3 is 6.01 Å². The fourth-order valence-corrected chi connectivity index (χ4v) is 12.6. The lowest BCUT2D eigenvalue weighted by molar-refractivity contribution is -0.141. The van der Waals surface area contributed by atoms with Crippen molar-refractivity contribution in [3.63, 3.8) is 0 Å². The molecule has 6 atom stereocenters. The molecule has 1 saturated carbocycles. The average molecular weight is 1070 g/mol. The van der Waals surface area contributed by atoms with Crippen LogP contribution < -0.4 is 30.3 Å². The third-order valence-corrected chi connectivity index (χ3v) is 17.0. The number of aryl methyl sites for hydroxylation is 1. The molecule has 5 N–H and O–H groups in total. The van der Waals surface area contributed by atoms with E-state index >= 15 is 0 Å². The van der Waals surface area contributed by atoms with Crippen LogP contribution in [0.5, 0.6) is 17.6 Å². The Kier molecular flexibility index (Phi) is 15.3. The number of ether oxygens (including phenoxy) is 3. The van der Waals surface area contributed by atoms with Crippen LogP contribution in [0.15, 0.2) is 83.0 Å². The summed E-state index contributed by atoms with van der Waals surface area (Å²) in [5.41, 5.74) is 13.2. The molecule has 77 heavy (non-hydrogen) atoms. The summed E-state index contributed by atoms with van der Waals surface area (Å²) < 4.78 is 24.6. The van der Waals surface area contributed by atoms with Crippen molar-refractivity contribution in [3.05, 3.63) is 95.5 Å². The molecule has 6 aromatic rings. The number of β-amino-alcohol motifs (C(OH)–C–C–N with tert-alkyl or cyclic N) is 1. The molecule has 8 heterocycles. The molecule has 1 aliphatic carbocycles. The lowest BCUT2D eigenvalue weighted by Crippen LogP contribution is -2.54. The molecule has 0 spiro atoms. The Morgan fingerprint density at radius 2 is 1.68 bits per heavy atom. The predicted octanol–water partition coefficient (Wildman–Crippen LogP) is 6.55. The Bertz CT molecular complexity index is 3000. The molecule has 4 saturated heterocycles. The predicted molar refractivity (Wildman–Crippen MR) is 290 cm³/mol. The van der Waals surface area contributed by atoms with Gasteiger partial charge in [0.25, 0.3) is 5.88 Å². The number of rotatable bonds is 18. The van der Waals surface area contributed by atoms with Crippen molar-refractivity contribution in [2.24, 2.45) is 5.92 Å². The van der Waals surface area contributed by atoms with Gasteiger partial charge in [0.05, 0.1) is 51.8 Å². The van der Waals surface area contributed by atoms with Crippen LogP contribution in [0.1, 0.15) is 94.7 Å². The highest BCUT2D eigenvalue weighted by Crippen LogP contribution is 2.40. The Labute approximate surface area is 451 Å². The van der Waals surface area contributed by atoms with Gasteiger partial charge in [0.15, 0.2) is 11.6 Å². The quantitative estimate of drug-likeness (QED) is 0.0713. The number of thiazole rings is 1. The van der Waals surface area contributed by atoms with Gasteiger partial charge in [-0.15, -0.1) is 21.5 Å². The number of nitrogen functional groups attached to an aromatic ring is 1. The number of amides is 2. The molecule has 21 heteroatoms. The number of para-hydroxylation sites is 1. The van der Waals surface area contributed by atoms with Gasteiger partial charge in [0.1, 0.15) is 36.2 Å². The molecule has 11 rings (SSSR count). The van der Waals surface area contributed by atoms with E-state index in [-0.39, 0.29) is 72.9 Å². The van der Waals surface area contributed by atoms with Crippen molar-refractivity contribution < 1.29 is 38.5 Å². The molecule has 5 aliphatic rings. The van der Waals surface area contributed by atoms with Gasteiger partial charge in [-0.3, -0.25) is 14.5 Å². The number of aromatic nitrogens is 6. The zero-order chi connectivity index (χ0) is 53.3. The van der Waals surface area contributed by atoms with Crippen LogP contribution in [-0.4, -0.2) is 151 Å². The first-order valence-electron chi connectivity index (χ1n) is 27.0. The fourth-order valence-electron chi connectivity index (χ4n) is 11.8. The minimum Gasteiger partial charge on any atom is -0.507 e. The molecular weight excluding hydrogens is 1000 g/mol. The summed E-state index contributed by atoms with van der Waals surface area (Å²) in [7, 11) is 0. The van der Waals surface area contributed by atoms with Gasteiger partial charge in [0.2, 0.25) is 11.8 Å². The van der Waals surface area contributed by atoms with Gasteiger partial charge in [-0.25, -0.2) is 9.97 Å². The second kappa shape index (κ2) is 22.6. The highest BCUT2D eigenvalue weighted by Gasteiger charge is 2.45. The van der Waals surface area contributed by atoms with Gasteiger partial charge in [-0.1, -0.05) is 50.2 Å². The van der Waals surface area contributed by atoms with Crippen molar-refractivity contribution in [3.8, 4) is 39.3 Å². The zero-order valence-electron chi connectivity index (χ0n) is 44.0. The lowest BCUT2D eigenvalue weighted by Gasteiger charge is -2.43. The van der Waals surface area contributed by atoms with E-state index in [0.29, 0.717) is 47.9 Å². The number of hydrogen-bond acceptors (Lipinski definition) is 19. The van der Waals surface area contributed by atoms with Crippen LogP contribution in [0.2, 0.25) is 0 Å². The number of benzene rings is 2. The standard InChI is InChI=1S/C56H68N12O8S/c1-32(2)51(55(72)67-30-39(69)23-46(67)54(71)60-33(3)35-9-11-36(12-10-35)52-34(4)59-31-77-52)48-27-50(64-76-48)73-22-21-65-19-16-40(17-20-65)74-41-24-42(25-41)75-56-58-18-15-49(61-56)68-37-13-14-38(68)29-66(28-37)45-26-44(62-63-53(45)57)43-7-5-6-8-47(43)70/h5-12,15,18,26-27,31-33,37-42,46,51,69-70H,13-14,16-17,19-25,28-30H2,1-4H3,(H2,57,63)(H,60,71)/t33-,37+,38?,39+,41?,42?,46-,51+/m0/s1. The Morgan fingerprint density at radius 1 is 0.909 bits per heavy atom. The molecule has 2 amide bonds. The van der Waals surface area contributed by atoms with Crippen molar-refractivity contribution in [2.75, 3.05) is 61.4 Å². The summed E-state index contributed by atoms with van der Waals surface area (Å²) in [4.78, 5) is 51.4. The molecule has 0 radical (unpaired) electrons. The number of carbonyl (C=O) groups excluding carboxylic acids is 2. The monoisotopic (exact) mass is 1070 g/mol. The van der Waals surface area contributed by atoms with E-state index in [1.54, 1.807) is 35.7 Å². The Morgan fingerprint density at radius 3 is 2.40 bits per heavy atom. The van der Waals surface area contributed by atoms with E-state index in [4.69, 9.17) is 29.5 Å². The third-order valence-electron chi connectivity index (χ3n) is 16.0. The Hall–Kier alpha value is -6.94. The number of nitrogens with two attached hydrogens (primary N) is 1. The van der Waals surface area contributed by atoms with Gasteiger partial charge in [0, 0.05) is 88.4 Å². The van der Waals surface area contributed by atoms with Crippen LogP contribution in [0.3, 0.4) is 0 Å². The highest BCUT2D eigenvalue weighted by atomic mass is 32.1. The number of fused-ring (bicyclic) bond motifs is 2. The molecule has 5 fully saturated rings. The maximum absolute atomic E-state index is 14.2. The minimum atomic E-state index is -0.832. The number of likely N-dealkylation sites (tertiary alicyclic amines) is 2. The third kappa shape index (κ3) is 11.4. The number of phenolic OH excluding ortho intramolecular Hbond substituents is 1. The number of piperazine rings is 1. The summed E-state index contributed by atoms with van der Waals surface area (Å²) in [6, 6.07) is 20.4. The number of anilines is 3.